The van der Waals surface area contributed by atoms with Crippen LogP contribution < -0.4 is 0 Å². The molecule has 0 saturated heterocycles. The smallest absolute Gasteiger partial charge is 0.340 e. The van der Waals surface area contributed by atoms with Crippen molar-refractivity contribution in [1.82, 2.24) is 9.97 Å². The average molecular weight is 390 g/mol. The van der Waals surface area contributed by atoms with Gasteiger partial charge in [-0.25, -0.2) is 9.59 Å². The van der Waals surface area contributed by atoms with Crippen LogP contribution in [0.5, 0.6) is 0 Å². The lowest BCUT2D eigenvalue weighted by Gasteiger charge is -2.42. The monoisotopic (exact) mass is 390 g/mol. The molecule has 4 N–H and O–H groups in total. The molecule has 148 valence electrons. The van der Waals surface area contributed by atoms with Gasteiger partial charge in [-0.1, -0.05) is 0 Å². The molecule has 2 aromatic rings. The maximum Gasteiger partial charge on any atom is 0.340 e. The van der Waals surface area contributed by atoms with Gasteiger partial charge >= 0.3 is 11.9 Å². The Kier molecular flexibility index (Phi) is 5.95. The summed E-state index contributed by atoms with van der Waals surface area (Å²) in [6, 6.07) is 5.79. The van der Waals surface area contributed by atoms with Crippen molar-refractivity contribution in [2.24, 2.45) is 0 Å². The predicted molar refractivity (Wildman–Crippen MR) is 90.9 cm³/mol. The largest absolute Gasteiger partial charge is 0.453 e. The first-order valence-corrected chi connectivity index (χ1v) is 8.34. The number of rotatable bonds is 4. The number of aliphatic hydroxyl groups excluding tert-OH is 4. The average Bonchev–Trinajstić information content (AvgIpc) is 2.73. The van der Waals surface area contributed by atoms with E-state index in [-0.39, 0.29) is 11.1 Å². The van der Waals surface area contributed by atoms with Gasteiger partial charge < -0.3 is 29.9 Å². The maximum absolute atomic E-state index is 12.1. The molecule has 10 heteroatoms. The molecule has 6 atom stereocenters. The predicted octanol–water partition coefficient (Wildman–Crippen LogP) is -1.32. The molecule has 2 aromatic heterocycles. The Morgan fingerprint density at radius 2 is 1.07 bits per heavy atom. The second-order valence-electron chi connectivity index (χ2n) is 6.19. The molecule has 2 unspecified atom stereocenters. The highest BCUT2D eigenvalue weighted by atomic mass is 16.6. The Hall–Kier alpha value is -2.92. The van der Waals surface area contributed by atoms with E-state index < -0.39 is 48.6 Å². The van der Waals surface area contributed by atoms with Crippen LogP contribution in [0.2, 0.25) is 0 Å². The van der Waals surface area contributed by atoms with Crippen LogP contribution in [0.3, 0.4) is 0 Å². The minimum Gasteiger partial charge on any atom is -0.453 e. The molecular formula is C18H18N2O8. The van der Waals surface area contributed by atoms with E-state index in [1.807, 2.05) is 0 Å². The molecule has 0 amide bonds. The standard InChI is InChI=1S/C18H18N2O8/c21-11-13(23)16(28-18(26)10-4-2-6-20-8-10)14(24)12(22)15(11)27-17(25)9-3-1-5-19-7-9/h1-8,11-16,21-24H/t11-,12-,13-,14+,15?,16?/m1/s1. The van der Waals surface area contributed by atoms with Crippen LogP contribution in [-0.2, 0) is 9.47 Å². The molecule has 10 nitrogen and oxygen atoms in total. The molecule has 0 aromatic carbocycles. The van der Waals surface area contributed by atoms with Crippen molar-refractivity contribution in [3.05, 3.63) is 60.2 Å². The molecule has 1 fully saturated rings. The normalized spacial score (nSPS) is 29.7. The number of nitrogens with zero attached hydrogens (tertiary/aromatic N) is 2. The summed E-state index contributed by atoms with van der Waals surface area (Å²) in [5, 5.41) is 41.0. The minimum absolute atomic E-state index is 0.0519. The second kappa shape index (κ2) is 8.40. The molecule has 1 saturated carbocycles. The van der Waals surface area contributed by atoms with E-state index >= 15 is 0 Å². The van der Waals surface area contributed by atoms with E-state index in [0.717, 1.165) is 0 Å². The third-order valence-electron chi connectivity index (χ3n) is 4.33. The highest BCUT2D eigenvalue weighted by Gasteiger charge is 2.52. The highest BCUT2D eigenvalue weighted by Crippen LogP contribution is 2.27. The molecule has 0 spiro atoms. The molecule has 1 aliphatic carbocycles. The Morgan fingerprint density at radius 3 is 1.36 bits per heavy atom. The minimum atomic E-state index is -1.81. The van der Waals surface area contributed by atoms with E-state index in [1.165, 1.54) is 49.1 Å². The van der Waals surface area contributed by atoms with Gasteiger partial charge in [-0.15, -0.1) is 0 Å². The number of aromatic nitrogens is 2. The van der Waals surface area contributed by atoms with E-state index in [0.29, 0.717) is 0 Å². The number of ether oxygens (including phenoxy) is 2. The Labute approximate surface area is 159 Å². The van der Waals surface area contributed by atoms with Crippen LogP contribution in [0, 0.1) is 0 Å². The number of carbonyl (C=O) groups is 2. The van der Waals surface area contributed by atoms with Crippen molar-refractivity contribution >= 4 is 11.9 Å². The number of hydrogen-bond donors (Lipinski definition) is 4. The fraction of sp³-hybridized carbons (Fsp3) is 0.333. The van der Waals surface area contributed by atoms with Crippen molar-refractivity contribution in [2.75, 3.05) is 0 Å². The quantitative estimate of drug-likeness (QED) is 0.461. The van der Waals surface area contributed by atoms with E-state index in [4.69, 9.17) is 9.47 Å². The molecule has 0 radical (unpaired) electrons. The lowest BCUT2D eigenvalue weighted by molar-refractivity contribution is -0.223. The molecular weight excluding hydrogens is 372 g/mol. The molecule has 3 rings (SSSR count). The van der Waals surface area contributed by atoms with Crippen LogP contribution in [0.4, 0.5) is 0 Å². The van der Waals surface area contributed by atoms with Crippen LogP contribution in [0.15, 0.2) is 49.1 Å². The zero-order chi connectivity index (χ0) is 20.3. The van der Waals surface area contributed by atoms with Gasteiger partial charge in [0.05, 0.1) is 11.1 Å². The SMILES string of the molecule is O=C(OC1[C@@H](O)[C@@H](O)C(OC(=O)c2cccnc2)[C@H](O)[C@H]1O)c1cccnc1. The first-order chi connectivity index (χ1) is 13.4. The highest BCUT2D eigenvalue weighted by molar-refractivity contribution is 5.89. The van der Waals surface area contributed by atoms with Gasteiger partial charge in [0.15, 0.2) is 12.2 Å². The van der Waals surface area contributed by atoms with Gasteiger partial charge in [0.2, 0.25) is 0 Å². The third-order valence-corrected chi connectivity index (χ3v) is 4.33. The number of carbonyl (C=O) groups excluding carboxylic acids is 2. The molecule has 1 aliphatic rings. The van der Waals surface area contributed by atoms with Crippen molar-refractivity contribution in [3.63, 3.8) is 0 Å². The topological polar surface area (TPSA) is 159 Å². The summed E-state index contributed by atoms with van der Waals surface area (Å²) < 4.78 is 10.1. The first kappa shape index (κ1) is 19.8. The van der Waals surface area contributed by atoms with E-state index in [9.17, 15) is 30.0 Å². The van der Waals surface area contributed by atoms with Gasteiger partial charge in [0.1, 0.15) is 24.4 Å². The number of hydrogen-bond acceptors (Lipinski definition) is 10. The summed E-state index contributed by atoms with van der Waals surface area (Å²) >= 11 is 0. The maximum atomic E-state index is 12.1. The lowest BCUT2D eigenvalue weighted by atomic mass is 9.84. The zero-order valence-corrected chi connectivity index (χ0v) is 14.4. The number of esters is 2. The fourth-order valence-corrected chi connectivity index (χ4v) is 2.81. The molecule has 2 heterocycles. The Balaban J connectivity index is 1.72. The van der Waals surface area contributed by atoms with E-state index in [1.54, 1.807) is 0 Å². The van der Waals surface area contributed by atoms with Crippen LogP contribution in [0.25, 0.3) is 0 Å². The van der Waals surface area contributed by atoms with Crippen molar-refractivity contribution < 1.29 is 39.5 Å². The summed E-state index contributed by atoms with van der Waals surface area (Å²) in [6.45, 7) is 0. The summed E-state index contributed by atoms with van der Waals surface area (Å²) in [6.07, 6.45) is -5.24. The zero-order valence-electron chi connectivity index (χ0n) is 14.4. The summed E-state index contributed by atoms with van der Waals surface area (Å²) in [5.74, 6) is -1.83. The number of pyridine rings is 2. The molecule has 0 aliphatic heterocycles. The Morgan fingerprint density at radius 1 is 0.714 bits per heavy atom. The summed E-state index contributed by atoms with van der Waals surface area (Å²) in [4.78, 5) is 31.7. The number of aliphatic hydroxyl groups is 4. The Bertz CT molecular complexity index is 733. The lowest BCUT2D eigenvalue weighted by Crippen LogP contribution is -2.65. The van der Waals surface area contributed by atoms with Crippen LogP contribution >= 0.6 is 0 Å². The van der Waals surface area contributed by atoms with Gasteiger partial charge in [0, 0.05) is 24.8 Å². The summed E-state index contributed by atoms with van der Waals surface area (Å²) in [7, 11) is 0. The van der Waals surface area contributed by atoms with Crippen molar-refractivity contribution in [2.45, 2.75) is 36.6 Å². The van der Waals surface area contributed by atoms with Crippen LogP contribution in [-0.4, -0.2) is 79.0 Å². The van der Waals surface area contributed by atoms with E-state index in [2.05, 4.69) is 9.97 Å². The van der Waals surface area contributed by atoms with Crippen molar-refractivity contribution in [1.29, 1.82) is 0 Å². The fourth-order valence-electron chi connectivity index (χ4n) is 2.81. The van der Waals surface area contributed by atoms with Crippen molar-refractivity contribution in [3.8, 4) is 0 Å². The third kappa shape index (κ3) is 3.99. The molecule has 0 bridgehead atoms. The van der Waals surface area contributed by atoms with Gasteiger partial charge in [-0.05, 0) is 24.3 Å². The van der Waals surface area contributed by atoms with Gasteiger partial charge in [-0.2, -0.15) is 0 Å². The second-order valence-corrected chi connectivity index (χ2v) is 6.19. The van der Waals surface area contributed by atoms with Gasteiger partial charge in [0.25, 0.3) is 0 Å². The van der Waals surface area contributed by atoms with Crippen LogP contribution in [0.1, 0.15) is 20.7 Å². The summed E-state index contributed by atoms with van der Waals surface area (Å²) in [5.41, 5.74) is 0.104. The first-order valence-electron chi connectivity index (χ1n) is 8.34. The van der Waals surface area contributed by atoms with Gasteiger partial charge in [-0.3, -0.25) is 9.97 Å². The molecule has 28 heavy (non-hydrogen) atoms.